The minimum atomic E-state index is -4.70. The molecule has 0 spiro atoms. The van der Waals surface area contributed by atoms with Crippen molar-refractivity contribution < 1.29 is 17.3 Å². The minimum Gasteiger partial charge on any atom is -0.166 e. The van der Waals surface area contributed by atoms with Crippen molar-refractivity contribution in [2.75, 3.05) is 0 Å². The summed E-state index contributed by atoms with van der Waals surface area (Å²) in [7, 11) is 0. The molecule has 5 heteroatoms. The Morgan fingerprint density at radius 2 is 2.00 bits per heavy atom. The standard InChI is InChI=1S/C7H3BrF3I/c8-6-2-1-4(12)3-5(6)7(9,10)11/h1-3H/i1D,2D,3D. The zero-order chi connectivity index (χ0) is 12.0. The molecule has 0 nitrogen and oxygen atoms in total. The quantitative estimate of drug-likeness (QED) is 0.617. The summed E-state index contributed by atoms with van der Waals surface area (Å²) in [5.74, 6) is 0. The molecule has 0 saturated carbocycles. The SMILES string of the molecule is [2H]c1c([2H])c(I)c([2H])c(C(F)(F)F)c1Br. The van der Waals surface area contributed by atoms with Gasteiger partial charge in [-0.25, -0.2) is 0 Å². The highest BCUT2D eigenvalue weighted by Crippen LogP contribution is 2.35. The van der Waals surface area contributed by atoms with Crippen LogP contribution in [-0.2, 0) is 6.18 Å². The molecule has 12 heavy (non-hydrogen) atoms. The van der Waals surface area contributed by atoms with Gasteiger partial charge in [0.05, 0.1) is 9.68 Å². The van der Waals surface area contributed by atoms with Crippen molar-refractivity contribution in [2.45, 2.75) is 6.18 Å². The van der Waals surface area contributed by atoms with Crippen LogP contribution in [0, 0.1) is 3.57 Å². The molecule has 0 radical (unpaired) electrons. The molecule has 0 aliphatic rings. The fourth-order valence-electron chi connectivity index (χ4n) is 0.563. The van der Waals surface area contributed by atoms with Crippen LogP contribution in [0.1, 0.15) is 9.68 Å². The Bertz CT molecular complexity index is 390. The van der Waals surface area contributed by atoms with Gasteiger partial charge in [0.15, 0.2) is 0 Å². The number of hydrogen-bond donors (Lipinski definition) is 0. The normalized spacial score (nSPS) is 15.2. The summed E-state index contributed by atoms with van der Waals surface area (Å²) in [5.41, 5.74) is -1.20. The smallest absolute Gasteiger partial charge is 0.166 e. The molecule has 0 N–H and O–H groups in total. The monoisotopic (exact) mass is 353 g/mol. The minimum absolute atomic E-state index is 0.173. The maximum absolute atomic E-state index is 12.5. The van der Waals surface area contributed by atoms with Gasteiger partial charge >= 0.3 is 6.18 Å². The Morgan fingerprint density at radius 3 is 2.50 bits per heavy atom. The van der Waals surface area contributed by atoms with Crippen molar-refractivity contribution in [3.63, 3.8) is 0 Å². The molecular formula is C7H3BrF3I. The molecule has 0 saturated heterocycles. The molecule has 0 unspecified atom stereocenters. The number of alkyl halides is 3. The average Bonchev–Trinajstić information content (AvgIpc) is 2.09. The summed E-state index contributed by atoms with van der Waals surface area (Å²) in [6.45, 7) is 0. The van der Waals surface area contributed by atoms with Crippen LogP contribution in [0.25, 0.3) is 0 Å². The number of halogens is 5. The molecule has 0 aliphatic heterocycles. The summed E-state index contributed by atoms with van der Waals surface area (Å²) in [4.78, 5) is 0. The fourth-order valence-corrected chi connectivity index (χ4v) is 1.39. The number of hydrogen-bond acceptors (Lipinski definition) is 0. The maximum atomic E-state index is 12.5. The van der Waals surface area contributed by atoms with Crippen LogP contribution in [0.4, 0.5) is 13.2 Å². The van der Waals surface area contributed by atoms with Gasteiger partial charge in [0.25, 0.3) is 0 Å². The van der Waals surface area contributed by atoms with E-state index in [0.29, 0.717) is 0 Å². The second-order valence-electron chi connectivity index (χ2n) is 1.88. The molecule has 0 atom stereocenters. The van der Waals surface area contributed by atoms with Gasteiger partial charge in [0, 0.05) is 8.04 Å². The van der Waals surface area contributed by atoms with Crippen molar-refractivity contribution in [3.05, 3.63) is 31.7 Å². The third-order valence-electron chi connectivity index (χ3n) is 1.02. The van der Waals surface area contributed by atoms with Crippen molar-refractivity contribution >= 4 is 38.5 Å². The second kappa shape index (κ2) is 3.53. The van der Waals surface area contributed by atoms with E-state index in [9.17, 15) is 13.2 Å². The first-order chi connectivity index (χ1) is 6.68. The highest BCUT2D eigenvalue weighted by molar-refractivity contribution is 14.1. The third-order valence-corrected chi connectivity index (χ3v) is 2.15. The van der Waals surface area contributed by atoms with E-state index in [4.69, 9.17) is 4.11 Å². The molecule has 1 aromatic rings. The van der Waals surface area contributed by atoms with Gasteiger partial charge in [-0.05, 0) is 40.7 Å². The molecule has 66 valence electrons. The van der Waals surface area contributed by atoms with Gasteiger partial charge in [-0.1, -0.05) is 15.9 Å². The van der Waals surface area contributed by atoms with Gasteiger partial charge in [-0.15, -0.1) is 0 Å². The summed E-state index contributed by atoms with van der Waals surface area (Å²) < 4.78 is 58.6. The molecule has 0 amide bonds. The summed E-state index contributed by atoms with van der Waals surface area (Å²) in [6.07, 6.45) is -4.70. The Balaban J connectivity index is 3.68. The van der Waals surface area contributed by atoms with Crippen LogP contribution in [0.3, 0.4) is 0 Å². The molecule has 0 bridgehead atoms. The first kappa shape index (κ1) is 6.64. The zero-order valence-electron chi connectivity index (χ0n) is 8.39. The molecule has 0 fully saturated rings. The second-order valence-corrected chi connectivity index (χ2v) is 3.75. The van der Waals surface area contributed by atoms with E-state index in [1.807, 2.05) is 0 Å². The zero-order valence-corrected chi connectivity index (χ0v) is 9.13. The van der Waals surface area contributed by atoms with Gasteiger partial charge < -0.3 is 0 Å². The van der Waals surface area contributed by atoms with Gasteiger partial charge in [-0.2, -0.15) is 13.2 Å². The van der Waals surface area contributed by atoms with Crippen molar-refractivity contribution in [1.82, 2.24) is 0 Å². The maximum Gasteiger partial charge on any atom is 0.417 e. The predicted octanol–water partition coefficient (Wildman–Crippen LogP) is 4.07. The van der Waals surface area contributed by atoms with E-state index < -0.39 is 28.3 Å². The van der Waals surface area contributed by atoms with Crippen LogP contribution < -0.4 is 0 Å². The highest BCUT2D eigenvalue weighted by atomic mass is 127. The first-order valence-electron chi connectivity index (χ1n) is 4.19. The summed E-state index contributed by atoms with van der Waals surface area (Å²) in [6, 6.07) is -1.70. The van der Waals surface area contributed by atoms with E-state index in [0.717, 1.165) is 0 Å². The number of benzene rings is 1. The van der Waals surface area contributed by atoms with Crippen LogP contribution in [-0.4, -0.2) is 0 Å². The Kier molecular flexibility index (Phi) is 1.95. The first-order valence-corrected chi connectivity index (χ1v) is 4.57. The molecule has 0 aromatic heterocycles. The largest absolute Gasteiger partial charge is 0.417 e. The van der Waals surface area contributed by atoms with Crippen molar-refractivity contribution in [1.29, 1.82) is 0 Å². The lowest BCUT2D eigenvalue weighted by molar-refractivity contribution is -0.138. The Hall–Kier alpha value is 0.220. The Morgan fingerprint density at radius 1 is 1.42 bits per heavy atom. The van der Waals surface area contributed by atoms with E-state index >= 15 is 0 Å². The van der Waals surface area contributed by atoms with Gasteiger partial charge in [0.2, 0.25) is 0 Å². The molecule has 0 aliphatic carbocycles. The predicted molar refractivity (Wildman–Crippen MR) is 51.9 cm³/mol. The fraction of sp³-hybridized carbons (Fsp3) is 0.143. The number of rotatable bonds is 0. The van der Waals surface area contributed by atoms with E-state index in [2.05, 4.69) is 15.9 Å². The lowest BCUT2D eigenvalue weighted by Crippen LogP contribution is -2.06. The highest BCUT2D eigenvalue weighted by Gasteiger charge is 2.32. The van der Waals surface area contributed by atoms with Crippen molar-refractivity contribution in [3.8, 4) is 0 Å². The molecule has 1 rings (SSSR count). The molecule has 0 heterocycles. The summed E-state index contributed by atoms with van der Waals surface area (Å²) >= 11 is 4.06. The van der Waals surface area contributed by atoms with Crippen LogP contribution >= 0.6 is 38.5 Å². The molecular weight excluding hydrogens is 348 g/mol. The topological polar surface area (TPSA) is 0 Å². The Labute approximate surface area is 93.6 Å². The van der Waals surface area contributed by atoms with Gasteiger partial charge in [-0.3, -0.25) is 0 Å². The van der Waals surface area contributed by atoms with Crippen LogP contribution in [0.15, 0.2) is 22.6 Å². The summed E-state index contributed by atoms with van der Waals surface area (Å²) in [5, 5.41) is 0. The van der Waals surface area contributed by atoms with E-state index in [1.54, 1.807) is 0 Å². The average molecular weight is 354 g/mol. The lowest BCUT2D eigenvalue weighted by atomic mass is 10.2. The van der Waals surface area contributed by atoms with Crippen LogP contribution in [0.2, 0.25) is 0 Å². The lowest BCUT2D eigenvalue weighted by Gasteiger charge is -2.08. The third kappa shape index (κ3) is 2.35. The van der Waals surface area contributed by atoms with E-state index in [-0.39, 0.29) is 9.61 Å². The van der Waals surface area contributed by atoms with Crippen LogP contribution in [0.5, 0.6) is 0 Å². The molecule has 1 aromatic carbocycles. The van der Waals surface area contributed by atoms with Crippen molar-refractivity contribution in [2.24, 2.45) is 0 Å². The van der Waals surface area contributed by atoms with E-state index in [1.165, 1.54) is 22.6 Å². The van der Waals surface area contributed by atoms with Gasteiger partial charge in [0.1, 0.15) is 0 Å².